The Morgan fingerprint density at radius 1 is 1.05 bits per heavy atom. The van der Waals surface area contributed by atoms with Gasteiger partial charge in [0.1, 0.15) is 12.3 Å². The second-order valence-corrected chi connectivity index (χ2v) is 10.1. The molecule has 1 atom stereocenters. The summed E-state index contributed by atoms with van der Waals surface area (Å²) in [6.45, 7) is 3.35. The molecular formula is C29H32ClN5O4. The summed E-state index contributed by atoms with van der Waals surface area (Å²) in [5.74, 6) is 1.19. The van der Waals surface area contributed by atoms with Crippen molar-refractivity contribution in [1.29, 1.82) is 0 Å². The number of benzene rings is 2. The lowest BCUT2D eigenvalue weighted by Gasteiger charge is -2.36. The summed E-state index contributed by atoms with van der Waals surface area (Å²) in [7, 11) is 1.64. The van der Waals surface area contributed by atoms with Crippen LogP contribution in [0.4, 0.5) is 5.82 Å². The average molecular weight is 550 g/mol. The van der Waals surface area contributed by atoms with Crippen LogP contribution in [0.15, 0.2) is 60.7 Å². The molecule has 10 heteroatoms. The number of ether oxygens (including phenoxy) is 2. The Kier molecular flexibility index (Phi) is 8.58. The molecule has 0 saturated carbocycles. The fourth-order valence-electron chi connectivity index (χ4n) is 4.94. The van der Waals surface area contributed by atoms with Crippen molar-refractivity contribution in [3.63, 3.8) is 0 Å². The van der Waals surface area contributed by atoms with Crippen molar-refractivity contribution in [2.45, 2.75) is 18.9 Å². The summed E-state index contributed by atoms with van der Waals surface area (Å²) in [6.07, 6.45) is 1.76. The van der Waals surface area contributed by atoms with Gasteiger partial charge < -0.3 is 24.2 Å². The van der Waals surface area contributed by atoms with Crippen LogP contribution in [0.1, 0.15) is 23.2 Å². The fraction of sp³-hybridized carbons (Fsp3) is 0.379. The van der Waals surface area contributed by atoms with Gasteiger partial charge in [0.2, 0.25) is 5.91 Å². The molecule has 2 aliphatic rings. The first kappa shape index (κ1) is 26.9. The van der Waals surface area contributed by atoms with Crippen molar-refractivity contribution >= 4 is 29.2 Å². The van der Waals surface area contributed by atoms with Crippen molar-refractivity contribution < 1.29 is 19.1 Å². The normalized spacial score (nSPS) is 17.2. The van der Waals surface area contributed by atoms with Gasteiger partial charge in [-0.1, -0.05) is 35.9 Å². The number of amides is 2. The van der Waals surface area contributed by atoms with E-state index in [4.69, 9.17) is 21.1 Å². The van der Waals surface area contributed by atoms with Crippen LogP contribution < -0.4 is 9.64 Å². The van der Waals surface area contributed by atoms with Gasteiger partial charge in [0.05, 0.1) is 29.5 Å². The number of halogens is 1. The molecule has 0 bridgehead atoms. The molecule has 204 valence electrons. The average Bonchev–Trinajstić information content (AvgIpc) is 3.50. The minimum atomic E-state index is -0.255. The second-order valence-electron chi connectivity index (χ2n) is 9.68. The SMILES string of the molecule is COc1cccc(-c2ccc(N3CCN(C(=O)CN(CC4CCCO4)C(=O)c4ccccc4Cl)CC3)nn2)c1. The van der Waals surface area contributed by atoms with Gasteiger partial charge in [-0.25, -0.2) is 0 Å². The summed E-state index contributed by atoms with van der Waals surface area (Å²) < 4.78 is 11.1. The number of aromatic nitrogens is 2. The molecule has 1 unspecified atom stereocenters. The van der Waals surface area contributed by atoms with Crippen molar-refractivity contribution in [3.8, 4) is 17.0 Å². The fourth-order valence-corrected chi connectivity index (χ4v) is 5.15. The van der Waals surface area contributed by atoms with Gasteiger partial charge >= 0.3 is 0 Å². The molecule has 2 aromatic carbocycles. The maximum atomic E-state index is 13.4. The van der Waals surface area contributed by atoms with E-state index in [1.807, 2.05) is 36.4 Å². The van der Waals surface area contributed by atoms with E-state index in [2.05, 4.69) is 15.1 Å². The lowest BCUT2D eigenvalue weighted by atomic mass is 10.1. The molecule has 3 heterocycles. The van der Waals surface area contributed by atoms with Crippen LogP contribution >= 0.6 is 11.6 Å². The van der Waals surface area contributed by atoms with Crippen LogP contribution in [-0.2, 0) is 9.53 Å². The quantitative estimate of drug-likeness (QED) is 0.422. The van der Waals surface area contributed by atoms with Gasteiger partial charge in [0.15, 0.2) is 5.82 Å². The third kappa shape index (κ3) is 6.49. The maximum Gasteiger partial charge on any atom is 0.255 e. The molecule has 3 aromatic rings. The third-order valence-corrected chi connectivity index (χ3v) is 7.47. The van der Waals surface area contributed by atoms with E-state index in [1.54, 1.807) is 41.2 Å². The molecule has 39 heavy (non-hydrogen) atoms. The van der Waals surface area contributed by atoms with E-state index >= 15 is 0 Å². The summed E-state index contributed by atoms with van der Waals surface area (Å²) >= 11 is 6.30. The number of methoxy groups -OCH3 is 1. The number of hydrogen-bond donors (Lipinski definition) is 0. The van der Waals surface area contributed by atoms with E-state index in [0.717, 1.165) is 35.7 Å². The first-order chi connectivity index (χ1) is 19.0. The van der Waals surface area contributed by atoms with Crippen LogP contribution in [0.25, 0.3) is 11.3 Å². The first-order valence-electron chi connectivity index (χ1n) is 13.2. The topological polar surface area (TPSA) is 88.1 Å². The highest BCUT2D eigenvalue weighted by Gasteiger charge is 2.29. The van der Waals surface area contributed by atoms with E-state index in [0.29, 0.717) is 49.9 Å². The van der Waals surface area contributed by atoms with Crippen molar-refractivity contribution in [3.05, 3.63) is 71.2 Å². The second kappa shape index (κ2) is 12.4. The molecule has 0 aliphatic carbocycles. The zero-order chi connectivity index (χ0) is 27.2. The number of carbonyl (C=O) groups is 2. The third-order valence-electron chi connectivity index (χ3n) is 7.14. The predicted molar refractivity (Wildman–Crippen MR) is 149 cm³/mol. The number of hydrogen-bond acceptors (Lipinski definition) is 7. The Balaban J connectivity index is 1.20. The van der Waals surface area contributed by atoms with Crippen LogP contribution in [-0.4, -0.2) is 90.9 Å². The van der Waals surface area contributed by atoms with Gasteiger partial charge in [-0.2, -0.15) is 0 Å². The Morgan fingerprint density at radius 3 is 2.56 bits per heavy atom. The lowest BCUT2D eigenvalue weighted by molar-refractivity contribution is -0.132. The van der Waals surface area contributed by atoms with Crippen molar-refractivity contribution in [2.75, 3.05) is 57.9 Å². The Labute approximate surface area is 233 Å². The minimum Gasteiger partial charge on any atom is -0.497 e. The number of piperazine rings is 1. The molecule has 2 saturated heterocycles. The molecule has 2 amide bonds. The van der Waals surface area contributed by atoms with Crippen molar-refractivity contribution in [2.24, 2.45) is 0 Å². The molecule has 0 radical (unpaired) electrons. The van der Waals surface area contributed by atoms with Crippen LogP contribution in [0.5, 0.6) is 5.75 Å². The van der Waals surface area contributed by atoms with Gasteiger partial charge in [-0.3, -0.25) is 9.59 Å². The van der Waals surface area contributed by atoms with E-state index in [-0.39, 0.29) is 24.5 Å². The molecule has 2 aliphatic heterocycles. The summed E-state index contributed by atoms with van der Waals surface area (Å²) in [5, 5.41) is 9.20. The first-order valence-corrected chi connectivity index (χ1v) is 13.6. The molecule has 5 rings (SSSR count). The standard InChI is InChI=1S/C29H32ClN5O4/c1-38-22-7-4-6-21(18-22)26-11-12-27(32-31-26)33-13-15-34(16-14-33)28(36)20-35(19-23-8-5-17-39-23)29(37)24-9-2-3-10-25(24)30/h2-4,6-7,9-12,18,23H,5,8,13-17,19-20H2,1H3. The Bertz CT molecular complexity index is 1290. The molecule has 9 nitrogen and oxygen atoms in total. The zero-order valence-electron chi connectivity index (χ0n) is 22.0. The molecule has 1 aromatic heterocycles. The largest absolute Gasteiger partial charge is 0.497 e. The van der Waals surface area contributed by atoms with Gasteiger partial charge in [0, 0.05) is 44.9 Å². The van der Waals surface area contributed by atoms with E-state index in [9.17, 15) is 9.59 Å². The maximum absolute atomic E-state index is 13.4. The van der Waals surface area contributed by atoms with Gasteiger partial charge in [0.25, 0.3) is 5.91 Å². The Morgan fingerprint density at radius 2 is 1.87 bits per heavy atom. The van der Waals surface area contributed by atoms with Crippen LogP contribution in [0.2, 0.25) is 5.02 Å². The molecular weight excluding hydrogens is 518 g/mol. The number of anilines is 1. The van der Waals surface area contributed by atoms with Gasteiger partial charge in [-0.05, 0) is 49.2 Å². The highest BCUT2D eigenvalue weighted by atomic mass is 35.5. The Hall–Kier alpha value is -3.69. The molecule has 0 N–H and O–H groups in total. The highest BCUT2D eigenvalue weighted by molar-refractivity contribution is 6.33. The predicted octanol–water partition coefficient (Wildman–Crippen LogP) is 3.78. The lowest BCUT2D eigenvalue weighted by Crippen LogP contribution is -2.52. The smallest absolute Gasteiger partial charge is 0.255 e. The van der Waals surface area contributed by atoms with Crippen LogP contribution in [0.3, 0.4) is 0 Å². The summed E-state index contributed by atoms with van der Waals surface area (Å²) in [5.41, 5.74) is 2.09. The minimum absolute atomic E-state index is 0.0149. The number of carbonyl (C=O) groups excluding carboxylic acids is 2. The zero-order valence-corrected chi connectivity index (χ0v) is 22.7. The molecule has 2 fully saturated rings. The van der Waals surface area contributed by atoms with Gasteiger partial charge in [-0.15, -0.1) is 10.2 Å². The number of rotatable bonds is 8. The van der Waals surface area contributed by atoms with E-state index < -0.39 is 0 Å². The highest BCUT2D eigenvalue weighted by Crippen LogP contribution is 2.24. The molecule has 0 spiro atoms. The summed E-state index contributed by atoms with van der Waals surface area (Å²) in [6, 6.07) is 18.5. The monoisotopic (exact) mass is 549 g/mol. The summed E-state index contributed by atoms with van der Waals surface area (Å²) in [4.78, 5) is 32.2. The van der Waals surface area contributed by atoms with Crippen molar-refractivity contribution in [1.82, 2.24) is 20.0 Å². The van der Waals surface area contributed by atoms with Crippen LogP contribution in [0, 0.1) is 0 Å². The number of nitrogens with zero attached hydrogens (tertiary/aromatic N) is 5. The van der Waals surface area contributed by atoms with E-state index in [1.165, 1.54) is 0 Å².